The summed E-state index contributed by atoms with van der Waals surface area (Å²) in [5, 5.41) is 0. The summed E-state index contributed by atoms with van der Waals surface area (Å²) in [5.41, 5.74) is 0.692. The van der Waals surface area contributed by atoms with Crippen LogP contribution in [0.5, 0.6) is 0 Å². The van der Waals surface area contributed by atoms with Crippen molar-refractivity contribution in [3.63, 3.8) is 0 Å². The molecule has 0 spiro atoms. The fraction of sp³-hybridized carbons (Fsp3) is 0.500. The maximum absolute atomic E-state index is 12.7. The third-order valence-electron chi connectivity index (χ3n) is 6.19. The normalized spacial score (nSPS) is 20.3. The van der Waals surface area contributed by atoms with Crippen molar-refractivity contribution in [3.8, 4) is 0 Å². The summed E-state index contributed by atoms with van der Waals surface area (Å²) in [4.78, 5) is 12.0. The lowest BCUT2D eigenvalue weighted by atomic mass is 9.95. The van der Waals surface area contributed by atoms with E-state index in [4.69, 9.17) is 9.47 Å². The Morgan fingerprint density at radius 1 is 1.06 bits per heavy atom. The summed E-state index contributed by atoms with van der Waals surface area (Å²) in [6, 6.07) is 2.33. The van der Waals surface area contributed by atoms with E-state index in [2.05, 4.69) is 15.0 Å². The Kier molecular flexibility index (Phi) is 6.86. The third-order valence-corrected chi connectivity index (χ3v) is 6.19. The van der Waals surface area contributed by atoms with Crippen LogP contribution >= 0.6 is 0 Å². The van der Waals surface area contributed by atoms with Gasteiger partial charge in [0, 0.05) is 36.3 Å². The van der Waals surface area contributed by atoms with Gasteiger partial charge in [-0.05, 0) is 31.1 Å². The standard InChI is InChI=1S/C24H28F3N3O2/c1-31-22-12-17(20-14-29-23(30-20)16-6-4-2-3-5-7-16)8-11-21(22)32-15-19-10-9-18(13-28-19)24(25,26)27/h8-11,13-14,16-17H,2-7,12,15H2,1H3,(H,29,30). The number of hydrogen-bond acceptors (Lipinski definition) is 4. The number of H-pyrrole nitrogens is 1. The summed E-state index contributed by atoms with van der Waals surface area (Å²) < 4.78 is 49.4. The number of halogens is 3. The molecule has 0 radical (unpaired) electrons. The summed E-state index contributed by atoms with van der Waals surface area (Å²) in [6.45, 7) is 0.0607. The fourth-order valence-corrected chi connectivity index (χ4v) is 4.32. The minimum absolute atomic E-state index is 0.0607. The van der Waals surface area contributed by atoms with Gasteiger partial charge in [-0.15, -0.1) is 0 Å². The summed E-state index contributed by atoms with van der Waals surface area (Å²) in [7, 11) is 1.59. The molecule has 0 amide bonds. The average molecular weight is 448 g/mol. The van der Waals surface area contributed by atoms with Crippen LogP contribution in [0, 0.1) is 0 Å². The van der Waals surface area contributed by atoms with E-state index in [0.29, 0.717) is 29.6 Å². The molecule has 2 aliphatic carbocycles. The van der Waals surface area contributed by atoms with Crippen LogP contribution < -0.4 is 0 Å². The smallest absolute Gasteiger partial charge is 0.417 e. The van der Waals surface area contributed by atoms with Crippen LogP contribution in [0.3, 0.4) is 0 Å². The van der Waals surface area contributed by atoms with Crippen molar-refractivity contribution in [2.75, 3.05) is 7.11 Å². The number of ether oxygens (including phenoxy) is 2. The maximum atomic E-state index is 12.7. The number of nitrogens with zero attached hydrogens (tertiary/aromatic N) is 2. The first-order valence-corrected chi connectivity index (χ1v) is 11.1. The van der Waals surface area contributed by atoms with Crippen molar-refractivity contribution < 1.29 is 22.6 Å². The molecule has 32 heavy (non-hydrogen) atoms. The number of aromatic amines is 1. The summed E-state index contributed by atoms with van der Waals surface area (Å²) in [6.07, 6.45) is 10.4. The second-order valence-corrected chi connectivity index (χ2v) is 8.40. The van der Waals surface area contributed by atoms with E-state index < -0.39 is 11.7 Å². The molecule has 2 aromatic heterocycles. The first-order valence-electron chi connectivity index (χ1n) is 11.1. The number of alkyl halides is 3. The van der Waals surface area contributed by atoms with E-state index >= 15 is 0 Å². The molecule has 8 heteroatoms. The van der Waals surface area contributed by atoms with Crippen LogP contribution in [0.1, 0.15) is 79.6 Å². The lowest BCUT2D eigenvalue weighted by molar-refractivity contribution is -0.137. The van der Waals surface area contributed by atoms with Crippen molar-refractivity contribution >= 4 is 0 Å². The molecule has 0 aliphatic heterocycles. The molecule has 5 nitrogen and oxygen atoms in total. The highest BCUT2D eigenvalue weighted by molar-refractivity contribution is 5.30. The molecule has 0 bridgehead atoms. The number of methoxy groups -OCH3 is 1. The molecule has 1 fully saturated rings. The fourth-order valence-electron chi connectivity index (χ4n) is 4.32. The van der Waals surface area contributed by atoms with E-state index in [-0.39, 0.29) is 12.5 Å². The first-order chi connectivity index (χ1) is 15.4. The number of nitrogens with one attached hydrogen (secondary N) is 1. The van der Waals surface area contributed by atoms with Gasteiger partial charge in [0.2, 0.25) is 0 Å². The molecule has 2 aromatic rings. The number of aromatic nitrogens is 3. The number of imidazole rings is 1. The van der Waals surface area contributed by atoms with Gasteiger partial charge in [0.15, 0.2) is 5.76 Å². The van der Waals surface area contributed by atoms with Crippen LogP contribution in [-0.4, -0.2) is 22.1 Å². The van der Waals surface area contributed by atoms with Gasteiger partial charge in [0.05, 0.1) is 18.4 Å². The van der Waals surface area contributed by atoms with Crippen LogP contribution in [0.15, 0.2) is 48.2 Å². The molecule has 4 rings (SSSR count). The van der Waals surface area contributed by atoms with Crippen LogP contribution in [0.4, 0.5) is 13.2 Å². The maximum Gasteiger partial charge on any atom is 0.417 e. The quantitative estimate of drug-likeness (QED) is 0.522. The SMILES string of the molecule is COC1=C(OCc2ccc(C(F)(F)F)cn2)C=CC(c2cnc(C3CCCCCC3)[nH]2)C1. The Labute approximate surface area is 185 Å². The molecule has 172 valence electrons. The van der Waals surface area contributed by atoms with E-state index in [1.165, 1.54) is 44.6 Å². The van der Waals surface area contributed by atoms with Gasteiger partial charge in [0.25, 0.3) is 0 Å². The Morgan fingerprint density at radius 3 is 2.50 bits per heavy atom. The Balaban J connectivity index is 1.38. The molecule has 1 N–H and O–H groups in total. The Hall–Kier alpha value is -2.77. The molecule has 1 atom stereocenters. The van der Waals surface area contributed by atoms with E-state index in [0.717, 1.165) is 23.8 Å². The van der Waals surface area contributed by atoms with Gasteiger partial charge in [-0.3, -0.25) is 4.98 Å². The number of rotatable bonds is 6. The molecule has 0 aromatic carbocycles. The van der Waals surface area contributed by atoms with Crippen molar-refractivity contribution in [1.82, 2.24) is 15.0 Å². The molecule has 1 saturated carbocycles. The lowest BCUT2D eigenvalue weighted by Gasteiger charge is -2.21. The Bertz CT molecular complexity index is 956. The number of pyridine rings is 1. The average Bonchev–Trinajstić information content (AvgIpc) is 3.12. The van der Waals surface area contributed by atoms with Crippen molar-refractivity contribution in [3.05, 3.63) is 71.0 Å². The summed E-state index contributed by atoms with van der Waals surface area (Å²) >= 11 is 0. The second kappa shape index (κ2) is 9.79. The van der Waals surface area contributed by atoms with Gasteiger partial charge in [-0.1, -0.05) is 31.8 Å². The zero-order valence-electron chi connectivity index (χ0n) is 18.1. The van der Waals surface area contributed by atoms with Gasteiger partial charge < -0.3 is 14.5 Å². The minimum atomic E-state index is -4.40. The van der Waals surface area contributed by atoms with E-state index in [1.54, 1.807) is 7.11 Å². The van der Waals surface area contributed by atoms with Crippen LogP contribution in [-0.2, 0) is 22.3 Å². The second-order valence-electron chi connectivity index (χ2n) is 8.40. The van der Waals surface area contributed by atoms with Crippen molar-refractivity contribution in [2.24, 2.45) is 0 Å². The lowest BCUT2D eigenvalue weighted by Crippen LogP contribution is -2.10. The van der Waals surface area contributed by atoms with Crippen molar-refractivity contribution in [2.45, 2.75) is 69.6 Å². The van der Waals surface area contributed by atoms with Gasteiger partial charge in [-0.25, -0.2) is 4.98 Å². The highest BCUT2D eigenvalue weighted by Crippen LogP contribution is 2.35. The molecule has 2 heterocycles. The first kappa shape index (κ1) is 22.4. The highest BCUT2D eigenvalue weighted by Gasteiger charge is 2.30. The van der Waals surface area contributed by atoms with Crippen molar-refractivity contribution in [1.29, 1.82) is 0 Å². The highest BCUT2D eigenvalue weighted by atomic mass is 19.4. The number of hydrogen-bond donors (Lipinski definition) is 1. The number of allylic oxidation sites excluding steroid dienone is 3. The predicted octanol–water partition coefficient (Wildman–Crippen LogP) is 6.38. The topological polar surface area (TPSA) is 60.0 Å². The Morgan fingerprint density at radius 2 is 1.84 bits per heavy atom. The minimum Gasteiger partial charge on any atom is -0.497 e. The molecule has 0 saturated heterocycles. The zero-order chi connectivity index (χ0) is 22.6. The van der Waals surface area contributed by atoms with Crippen LogP contribution in [0.2, 0.25) is 0 Å². The largest absolute Gasteiger partial charge is 0.497 e. The summed E-state index contributed by atoms with van der Waals surface area (Å²) in [5.74, 6) is 2.94. The third kappa shape index (κ3) is 5.34. The van der Waals surface area contributed by atoms with Gasteiger partial charge in [-0.2, -0.15) is 13.2 Å². The zero-order valence-corrected chi connectivity index (χ0v) is 18.1. The molecular weight excluding hydrogens is 419 g/mol. The van der Waals surface area contributed by atoms with Gasteiger partial charge >= 0.3 is 6.18 Å². The van der Waals surface area contributed by atoms with E-state index in [1.807, 2.05) is 18.3 Å². The van der Waals surface area contributed by atoms with Gasteiger partial charge in [0.1, 0.15) is 18.2 Å². The van der Waals surface area contributed by atoms with E-state index in [9.17, 15) is 13.2 Å². The van der Waals surface area contributed by atoms with Crippen LogP contribution in [0.25, 0.3) is 0 Å². The molecule has 1 unspecified atom stereocenters. The molecular formula is C24H28F3N3O2. The molecule has 2 aliphatic rings. The monoisotopic (exact) mass is 447 g/mol. The predicted molar refractivity (Wildman–Crippen MR) is 114 cm³/mol.